The summed E-state index contributed by atoms with van der Waals surface area (Å²) in [7, 11) is 0. The Labute approximate surface area is 123 Å². The smallest absolute Gasteiger partial charge is 0.271 e. The molecule has 21 heavy (non-hydrogen) atoms. The molecule has 0 aliphatic rings. The van der Waals surface area contributed by atoms with Gasteiger partial charge >= 0.3 is 0 Å². The first-order valence-corrected chi connectivity index (χ1v) is 6.92. The predicted molar refractivity (Wildman–Crippen MR) is 78.6 cm³/mol. The number of carbonyl (C=O) groups excluding carboxylic acids is 1. The van der Waals surface area contributed by atoms with Crippen molar-refractivity contribution in [2.45, 2.75) is 26.2 Å². The zero-order valence-electron chi connectivity index (χ0n) is 12.1. The summed E-state index contributed by atoms with van der Waals surface area (Å²) < 4.78 is 12.8. The number of benzene rings is 1. The minimum absolute atomic E-state index is 0.250. The van der Waals surface area contributed by atoms with Crippen molar-refractivity contribution < 1.29 is 9.18 Å². The molecule has 1 aromatic heterocycles. The van der Waals surface area contributed by atoms with Crippen molar-refractivity contribution in [2.24, 2.45) is 0 Å². The summed E-state index contributed by atoms with van der Waals surface area (Å²) in [6.07, 6.45) is 0.642. The van der Waals surface area contributed by atoms with Crippen LogP contribution < -0.4 is 5.32 Å². The van der Waals surface area contributed by atoms with Crippen LogP contribution in [-0.2, 0) is 6.42 Å². The lowest BCUT2D eigenvalue weighted by molar-refractivity contribution is 0.0948. The van der Waals surface area contributed by atoms with Gasteiger partial charge in [-0.25, -0.2) is 4.39 Å². The van der Waals surface area contributed by atoms with E-state index in [0.717, 1.165) is 11.3 Å². The number of aromatic nitrogens is 2. The molecule has 0 saturated carbocycles. The van der Waals surface area contributed by atoms with Crippen LogP contribution in [0, 0.1) is 5.82 Å². The van der Waals surface area contributed by atoms with Crippen LogP contribution in [-0.4, -0.2) is 22.6 Å². The van der Waals surface area contributed by atoms with Crippen LogP contribution in [0.15, 0.2) is 36.4 Å². The fourth-order valence-corrected chi connectivity index (χ4v) is 1.83. The molecule has 0 aliphatic carbocycles. The quantitative estimate of drug-likeness (QED) is 0.920. The molecule has 0 atom stereocenters. The summed E-state index contributed by atoms with van der Waals surface area (Å²) in [5.74, 6) is -0.226. The third kappa shape index (κ3) is 4.34. The van der Waals surface area contributed by atoms with Crippen LogP contribution in [0.2, 0.25) is 0 Å². The Morgan fingerprint density at radius 2 is 1.86 bits per heavy atom. The fraction of sp³-hybridized carbons (Fsp3) is 0.312. The number of hydrogen-bond donors (Lipinski definition) is 1. The molecule has 110 valence electrons. The fourth-order valence-electron chi connectivity index (χ4n) is 1.83. The number of amides is 1. The Morgan fingerprint density at radius 3 is 2.43 bits per heavy atom. The van der Waals surface area contributed by atoms with Gasteiger partial charge in [0.2, 0.25) is 0 Å². The number of carbonyl (C=O) groups is 1. The summed E-state index contributed by atoms with van der Waals surface area (Å²) >= 11 is 0. The molecule has 1 aromatic carbocycles. The summed E-state index contributed by atoms with van der Waals surface area (Å²) in [5.41, 5.74) is 2.13. The first-order chi connectivity index (χ1) is 10.1. The maximum Gasteiger partial charge on any atom is 0.271 e. The molecule has 1 amide bonds. The van der Waals surface area contributed by atoms with Gasteiger partial charge in [0, 0.05) is 6.54 Å². The van der Waals surface area contributed by atoms with Gasteiger partial charge in [-0.15, -0.1) is 5.10 Å². The van der Waals surface area contributed by atoms with Gasteiger partial charge in [-0.2, -0.15) is 5.10 Å². The number of rotatable bonds is 5. The summed E-state index contributed by atoms with van der Waals surface area (Å²) in [5, 5.41) is 10.7. The van der Waals surface area contributed by atoms with Crippen molar-refractivity contribution in [1.82, 2.24) is 15.5 Å². The molecular weight excluding hydrogens is 269 g/mol. The molecule has 0 radical (unpaired) electrons. The van der Waals surface area contributed by atoms with Crippen LogP contribution in [0.3, 0.4) is 0 Å². The highest BCUT2D eigenvalue weighted by atomic mass is 19.1. The number of halogens is 1. The SMILES string of the molecule is CC(C)c1ccc(C(=O)NCCc2ccc(F)cc2)nn1. The first kappa shape index (κ1) is 15.1. The van der Waals surface area contributed by atoms with Crippen molar-refractivity contribution in [1.29, 1.82) is 0 Å². The van der Waals surface area contributed by atoms with Crippen molar-refractivity contribution in [3.8, 4) is 0 Å². The molecule has 5 heteroatoms. The molecule has 2 aromatic rings. The lowest BCUT2D eigenvalue weighted by atomic mass is 10.1. The molecular formula is C16H18FN3O. The van der Waals surface area contributed by atoms with Gasteiger partial charge in [0.1, 0.15) is 5.82 Å². The van der Waals surface area contributed by atoms with Gasteiger partial charge in [-0.3, -0.25) is 4.79 Å². The average molecular weight is 287 g/mol. The molecule has 1 heterocycles. The minimum atomic E-state index is -0.261. The second kappa shape index (κ2) is 6.92. The Morgan fingerprint density at radius 1 is 1.14 bits per heavy atom. The van der Waals surface area contributed by atoms with E-state index < -0.39 is 0 Å². The molecule has 1 N–H and O–H groups in total. The lowest BCUT2D eigenvalue weighted by Gasteiger charge is -2.06. The van der Waals surface area contributed by atoms with E-state index in [-0.39, 0.29) is 17.6 Å². The molecule has 0 aliphatic heterocycles. The normalized spacial score (nSPS) is 10.7. The third-order valence-electron chi connectivity index (χ3n) is 3.12. The summed E-state index contributed by atoms with van der Waals surface area (Å²) in [4.78, 5) is 11.9. The van der Waals surface area contributed by atoms with Crippen LogP contribution in [0.5, 0.6) is 0 Å². The van der Waals surface area contributed by atoms with E-state index in [4.69, 9.17) is 0 Å². The van der Waals surface area contributed by atoms with Gasteiger partial charge in [0.15, 0.2) is 5.69 Å². The van der Waals surface area contributed by atoms with Crippen LogP contribution in [0.25, 0.3) is 0 Å². The topological polar surface area (TPSA) is 54.9 Å². The van der Waals surface area contributed by atoms with E-state index in [1.807, 2.05) is 19.9 Å². The highest BCUT2D eigenvalue weighted by Gasteiger charge is 2.08. The lowest BCUT2D eigenvalue weighted by Crippen LogP contribution is -2.26. The Hall–Kier alpha value is -2.30. The third-order valence-corrected chi connectivity index (χ3v) is 3.12. The Balaban J connectivity index is 1.85. The maximum atomic E-state index is 12.8. The molecule has 0 unspecified atom stereocenters. The molecule has 0 spiro atoms. The van der Waals surface area contributed by atoms with Gasteiger partial charge < -0.3 is 5.32 Å². The molecule has 0 saturated heterocycles. The largest absolute Gasteiger partial charge is 0.350 e. The van der Waals surface area contributed by atoms with Crippen molar-refractivity contribution in [3.63, 3.8) is 0 Å². The van der Waals surface area contributed by atoms with E-state index in [2.05, 4.69) is 15.5 Å². The second-order valence-corrected chi connectivity index (χ2v) is 5.13. The van der Waals surface area contributed by atoms with Crippen molar-refractivity contribution >= 4 is 5.91 Å². The van der Waals surface area contributed by atoms with E-state index in [9.17, 15) is 9.18 Å². The van der Waals surface area contributed by atoms with Gasteiger partial charge in [0.05, 0.1) is 5.69 Å². The highest BCUT2D eigenvalue weighted by molar-refractivity contribution is 5.92. The number of nitrogens with zero attached hydrogens (tertiary/aromatic N) is 2. The van der Waals surface area contributed by atoms with Crippen molar-refractivity contribution in [2.75, 3.05) is 6.54 Å². The maximum absolute atomic E-state index is 12.8. The Bertz CT molecular complexity index is 594. The first-order valence-electron chi connectivity index (χ1n) is 6.92. The van der Waals surface area contributed by atoms with Crippen molar-refractivity contribution in [3.05, 3.63) is 59.2 Å². The van der Waals surface area contributed by atoms with Gasteiger partial charge in [0.25, 0.3) is 5.91 Å². The molecule has 0 bridgehead atoms. The van der Waals surface area contributed by atoms with E-state index in [1.54, 1.807) is 18.2 Å². The molecule has 0 fully saturated rings. The van der Waals surface area contributed by atoms with Crippen LogP contribution in [0.1, 0.15) is 41.5 Å². The highest BCUT2D eigenvalue weighted by Crippen LogP contribution is 2.09. The van der Waals surface area contributed by atoms with Crippen LogP contribution in [0.4, 0.5) is 4.39 Å². The molecule has 4 nitrogen and oxygen atoms in total. The standard InChI is InChI=1S/C16H18FN3O/c1-11(2)14-7-8-15(20-19-14)16(21)18-10-9-12-3-5-13(17)6-4-12/h3-8,11H,9-10H2,1-2H3,(H,18,21). The van der Waals surface area contributed by atoms with E-state index in [0.29, 0.717) is 18.7 Å². The molecule has 2 rings (SSSR count). The summed E-state index contributed by atoms with van der Waals surface area (Å²) in [6, 6.07) is 9.72. The zero-order chi connectivity index (χ0) is 15.2. The summed E-state index contributed by atoms with van der Waals surface area (Å²) in [6.45, 7) is 4.51. The van der Waals surface area contributed by atoms with E-state index in [1.165, 1.54) is 12.1 Å². The predicted octanol–water partition coefficient (Wildman–Crippen LogP) is 2.71. The van der Waals surface area contributed by atoms with E-state index >= 15 is 0 Å². The number of hydrogen-bond acceptors (Lipinski definition) is 3. The average Bonchev–Trinajstić information content (AvgIpc) is 2.49. The number of nitrogens with one attached hydrogen (secondary N) is 1. The van der Waals surface area contributed by atoms with Gasteiger partial charge in [-0.1, -0.05) is 26.0 Å². The second-order valence-electron chi connectivity index (χ2n) is 5.13. The van der Waals surface area contributed by atoms with Crippen LogP contribution >= 0.6 is 0 Å². The minimum Gasteiger partial charge on any atom is -0.350 e. The Kier molecular flexibility index (Phi) is 4.98. The zero-order valence-corrected chi connectivity index (χ0v) is 12.1. The monoisotopic (exact) mass is 287 g/mol. The van der Waals surface area contributed by atoms with Gasteiger partial charge in [-0.05, 0) is 42.2 Å².